The molecule has 1 aliphatic carbocycles. The van der Waals surface area contributed by atoms with Gasteiger partial charge in [-0.05, 0) is 78.1 Å². The quantitative estimate of drug-likeness (QED) is 0.774. The molecule has 0 atom stereocenters. The summed E-state index contributed by atoms with van der Waals surface area (Å²) in [5.74, 6) is 0.284. The molecule has 1 N–H and O–H groups in total. The van der Waals surface area contributed by atoms with E-state index in [2.05, 4.69) is 39.0 Å². The average molecular weight is 393 g/mol. The van der Waals surface area contributed by atoms with E-state index < -0.39 is 0 Å². The van der Waals surface area contributed by atoms with Gasteiger partial charge in [0, 0.05) is 9.26 Å². The first kappa shape index (κ1) is 14.3. The number of fused-ring (bicyclic) bond motifs is 1. The predicted octanol–water partition coefficient (Wildman–Crippen LogP) is 4.32. The van der Waals surface area contributed by atoms with Crippen molar-refractivity contribution in [3.8, 4) is 6.07 Å². The zero-order valence-electron chi connectivity index (χ0n) is 11.3. The second-order valence-electron chi connectivity index (χ2n) is 5.06. The summed E-state index contributed by atoms with van der Waals surface area (Å²) in [6, 6.07) is 8.64. The van der Waals surface area contributed by atoms with Gasteiger partial charge in [0.25, 0.3) is 0 Å². The highest BCUT2D eigenvalue weighted by Gasteiger charge is 2.15. The van der Waals surface area contributed by atoms with E-state index in [1.165, 1.54) is 17.7 Å². The second kappa shape index (κ2) is 5.98. The predicted molar refractivity (Wildman–Crippen MR) is 88.0 cm³/mol. The molecule has 0 fully saturated rings. The minimum Gasteiger partial charge on any atom is -0.338 e. The lowest BCUT2D eigenvalue weighted by Gasteiger charge is -2.17. The van der Waals surface area contributed by atoms with Gasteiger partial charge in [-0.2, -0.15) is 5.26 Å². The Morgan fingerprint density at radius 3 is 2.81 bits per heavy atom. The van der Waals surface area contributed by atoms with Gasteiger partial charge in [0.1, 0.15) is 17.7 Å². The molecule has 0 saturated carbocycles. The van der Waals surface area contributed by atoms with Gasteiger partial charge in [-0.15, -0.1) is 0 Å². The first-order chi connectivity index (χ1) is 10.2. The highest BCUT2D eigenvalue weighted by molar-refractivity contribution is 14.1. The van der Waals surface area contributed by atoms with E-state index in [-0.39, 0.29) is 5.82 Å². The molecule has 0 saturated heterocycles. The third kappa shape index (κ3) is 3.00. The largest absolute Gasteiger partial charge is 0.338 e. The molecule has 21 heavy (non-hydrogen) atoms. The van der Waals surface area contributed by atoms with Crippen LogP contribution in [0.5, 0.6) is 0 Å². The molecule has 0 amide bonds. The van der Waals surface area contributed by atoms with Crippen LogP contribution in [0.15, 0.2) is 24.3 Å². The Kier molecular flexibility index (Phi) is 4.06. The van der Waals surface area contributed by atoms with E-state index in [1.54, 1.807) is 6.07 Å². The first-order valence-corrected chi connectivity index (χ1v) is 7.90. The molecule has 106 valence electrons. The van der Waals surface area contributed by atoms with Crippen LogP contribution in [0.4, 0.5) is 15.9 Å². The zero-order chi connectivity index (χ0) is 14.8. The van der Waals surface area contributed by atoms with Gasteiger partial charge in [0.2, 0.25) is 0 Å². The fourth-order valence-corrected chi connectivity index (χ4v) is 3.14. The number of aryl methyl sites for hydroxylation is 2. The third-order valence-electron chi connectivity index (χ3n) is 3.61. The molecule has 0 radical (unpaired) electrons. The Morgan fingerprint density at radius 1 is 1.24 bits per heavy atom. The lowest BCUT2D eigenvalue weighted by molar-refractivity contribution is 0.627. The number of benzene rings is 1. The van der Waals surface area contributed by atoms with Crippen molar-refractivity contribution in [3.05, 3.63) is 50.5 Å². The lowest BCUT2D eigenvalue weighted by Crippen LogP contribution is -2.09. The summed E-state index contributed by atoms with van der Waals surface area (Å²) in [6.07, 6.45) is 4.24. The minimum absolute atomic E-state index is 0.274. The molecule has 0 aliphatic heterocycles. The van der Waals surface area contributed by atoms with Crippen LogP contribution < -0.4 is 5.32 Å². The number of aromatic nitrogens is 1. The topological polar surface area (TPSA) is 48.7 Å². The highest BCUT2D eigenvalue weighted by atomic mass is 127. The van der Waals surface area contributed by atoms with Gasteiger partial charge in [0.15, 0.2) is 0 Å². The lowest BCUT2D eigenvalue weighted by atomic mass is 9.95. The minimum atomic E-state index is -0.274. The number of hydrogen-bond acceptors (Lipinski definition) is 3. The van der Waals surface area contributed by atoms with Crippen molar-refractivity contribution < 1.29 is 4.39 Å². The Bertz CT molecular complexity index is 737. The maximum atomic E-state index is 13.2. The number of nitrogens with one attached hydrogen (secondary N) is 1. The van der Waals surface area contributed by atoms with E-state index in [0.29, 0.717) is 11.4 Å². The van der Waals surface area contributed by atoms with E-state index in [9.17, 15) is 9.65 Å². The third-order valence-corrected chi connectivity index (χ3v) is 4.50. The maximum Gasteiger partial charge on any atom is 0.148 e. The summed E-state index contributed by atoms with van der Waals surface area (Å²) in [4.78, 5) is 4.61. The van der Waals surface area contributed by atoms with Gasteiger partial charge >= 0.3 is 0 Å². The summed E-state index contributed by atoms with van der Waals surface area (Å²) in [7, 11) is 0. The number of hydrogen-bond donors (Lipinski definition) is 1. The smallest absolute Gasteiger partial charge is 0.148 e. The van der Waals surface area contributed by atoms with E-state index >= 15 is 0 Å². The highest BCUT2D eigenvalue weighted by Crippen LogP contribution is 2.28. The number of anilines is 2. The fourth-order valence-electron chi connectivity index (χ4n) is 2.53. The molecule has 0 bridgehead atoms. The van der Waals surface area contributed by atoms with Gasteiger partial charge < -0.3 is 5.32 Å². The molecule has 1 aliphatic rings. The number of halogens is 2. The van der Waals surface area contributed by atoms with Crippen molar-refractivity contribution in [2.24, 2.45) is 0 Å². The summed E-state index contributed by atoms with van der Waals surface area (Å²) in [5.41, 5.74) is 3.55. The van der Waals surface area contributed by atoms with Crippen LogP contribution in [0.1, 0.15) is 29.7 Å². The molecule has 1 aromatic carbocycles. The molecule has 5 heteroatoms. The standard InChI is InChI=1S/C16H13FIN3/c17-12-5-6-15(13(18)8-12)21-16-11(9-19)7-10-3-1-2-4-14(10)20-16/h5-8H,1-4H2,(H,20,21). The molecular formula is C16H13FIN3. The number of rotatable bonds is 2. The van der Waals surface area contributed by atoms with Gasteiger partial charge in [-0.25, -0.2) is 9.37 Å². The summed E-state index contributed by atoms with van der Waals surface area (Å²) in [5, 5.41) is 12.5. The SMILES string of the molecule is N#Cc1cc2c(nc1Nc1ccc(F)cc1I)CCCC2. The summed E-state index contributed by atoms with van der Waals surface area (Å²) in [6.45, 7) is 0. The van der Waals surface area contributed by atoms with Crippen molar-refractivity contribution >= 4 is 34.1 Å². The van der Waals surface area contributed by atoms with Crippen molar-refractivity contribution in [2.75, 3.05) is 5.32 Å². The van der Waals surface area contributed by atoms with Crippen molar-refractivity contribution in [1.82, 2.24) is 4.98 Å². The number of nitrogens with zero attached hydrogens (tertiary/aromatic N) is 2. The van der Waals surface area contributed by atoms with E-state index in [0.717, 1.165) is 40.6 Å². The normalized spacial score (nSPS) is 13.4. The molecule has 2 aromatic rings. The Morgan fingerprint density at radius 2 is 2.05 bits per heavy atom. The van der Waals surface area contributed by atoms with Crippen molar-refractivity contribution in [2.45, 2.75) is 25.7 Å². The molecule has 0 unspecified atom stereocenters. The van der Waals surface area contributed by atoms with Crippen LogP contribution in [0.3, 0.4) is 0 Å². The Labute approximate surface area is 136 Å². The van der Waals surface area contributed by atoms with Crippen LogP contribution in [0.25, 0.3) is 0 Å². The first-order valence-electron chi connectivity index (χ1n) is 6.82. The number of nitriles is 1. The average Bonchev–Trinajstić information content (AvgIpc) is 2.49. The second-order valence-corrected chi connectivity index (χ2v) is 6.22. The van der Waals surface area contributed by atoms with E-state index in [4.69, 9.17) is 0 Å². The maximum absolute atomic E-state index is 13.2. The molecule has 3 rings (SSSR count). The van der Waals surface area contributed by atoms with E-state index in [1.807, 2.05) is 6.07 Å². The van der Waals surface area contributed by atoms with Crippen molar-refractivity contribution in [3.63, 3.8) is 0 Å². The monoisotopic (exact) mass is 393 g/mol. The summed E-state index contributed by atoms with van der Waals surface area (Å²) >= 11 is 2.07. The molecule has 0 spiro atoms. The van der Waals surface area contributed by atoms with Crippen LogP contribution in [0, 0.1) is 20.7 Å². The van der Waals surface area contributed by atoms with Crippen LogP contribution in [-0.2, 0) is 12.8 Å². The van der Waals surface area contributed by atoms with Gasteiger partial charge in [-0.1, -0.05) is 0 Å². The van der Waals surface area contributed by atoms with Crippen LogP contribution >= 0.6 is 22.6 Å². The Balaban J connectivity index is 1.99. The van der Waals surface area contributed by atoms with Crippen molar-refractivity contribution in [1.29, 1.82) is 5.26 Å². The van der Waals surface area contributed by atoms with Crippen LogP contribution in [-0.4, -0.2) is 4.98 Å². The van der Waals surface area contributed by atoms with Gasteiger partial charge in [-0.3, -0.25) is 0 Å². The molecule has 3 nitrogen and oxygen atoms in total. The van der Waals surface area contributed by atoms with Crippen LogP contribution in [0.2, 0.25) is 0 Å². The summed E-state index contributed by atoms with van der Waals surface area (Å²) < 4.78 is 13.9. The van der Waals surface area contributed by atoms with Gasteiger partial charge in [0.05, 0.1) is 11.3 Å². The molecule has 1 aromatic heterocycles. The molecular weight excluding hydrogens is 380 g/mol. The fraction of sp³-hybridized carbons (Fsp3) is 0.250. The zero-order valence-corrected chi connectivity index (χ0v) is 13.4. The number of pyridine rings is 1. The molecule has 1 heterocycles. The Hall–Kier alpha value is -1.68.